The molecule has 2 unspecified atom stereocenters. The number of ether oxygens (including phenoxy) is 1. The molecule has 1 saturated heterocycles. The Morgan fingerprint density at radius 2 is 2.12 bits per heavy atom. The molecule has 5 heteroatoms. The summed E-state index contributed by atoms with van der Waals surface area (Å²) in [6, 6.07) is 8.36. The van der Waals surface area contributed by atoms with E-state index in [1.165, 1.54) is 12.0 Å². The van der Waals surface area contributed by atoms with Crippen LogP contribution >= 0.6 is 11.6 Å². The van der Waals surface area contributed by atoms with Gasteiger partial charge in [-0.3, -0.25) is 4.79 Å². The van der Waals surface area contributed by atoms with Crippen LogP contribution in [0.15, 0.2) is 30.3 Å². The summed E-state index contributed by atoms with van der Waals surface area (Å²) in [5.41, 5.74) is 0.733. The van der Waals surface area contributed by atoms with E-state index in [1.807, 2.05) is 18.2 Å². The lowest BCUT2D eigenvalue weighted by Gasteiger charge is -2.39. The predicted octanol–water partition coefficient (Wildman–Crippen LogP) is 1.35. The number of β-lactam (4-membered cyclic amide) rings is 1. The Morgan fingerprint density at radius 1 is 1.47 bits per heavy atom. The number of hydrogen-bond acceptors (Lipinski definition) is 3. The molecule has 0 aromatic heterocycles. The molecule has 0 bridgehead atoms. The van der Waals surface area contributed by atoms with Gasteiger partial charge in [0.2, 0.25) is 5.91 Å². The number of methoxy groups -OCH3 is 1. The molecule has 2 rings (SSSR count). The van der Waals surface area contributed by atoms with Crippen molar-refractivity contribution in [3.05, 3.63) is 35.9 Å². The number of rotatable bonds is 3. The van der Waals surface area contributed by atoms with Gasteiger partial charge in [-0.2, -0.15) is 0 Å². The zero-order chi connectivity index (χ0) is 12.4. The SMILES string of the molecule is COC(=O)C(c1ccccc1)N1CC(Cl)C1=O. The number of esters is 1. The fourth-order valence-corrected chi connectivity index (χ4v) is 2.11. The number of carbonyl (C=O) groups is 2. The first-order valence-corrected chi connectivity index (χ1v) is 5.66. The third-order valence-electron chi connectivity index (χ3n) is 2.76. The molecule has 90 valence electrons. The second kappa shape index (κ2) is 4.75. The number of benzene rings is 1. The molecule has 17 heavy (non-hydrogen) atoms. The number of likely N-dealkylation sites (tertiary alicyclic amines) is 1. The van der Waals surface area contributed by atoms with E-state index in [9.17, 15) is 9.59 Å². The summed E-state index contributed by atoms with van der Waals surface area (Å²) in [6.45, 7) is 0.370. The largest absolute Gasteiger partial charge is 0.467 e. The number of halogens is 1. The summed E-state index contributed by atoms with van der Waals surface area (Å²) in [5, 5.41) is -0.522. The van der Waals surface area contributed by atoms with E-state index in [-0.39, 0.29) is 5.91 Å². The highest BCUT2D eigenvalue weighted by Crippen LogP contribution is 2.30. The second-order valence-corrected chi connectivity index (χ2v) is 4.32. The summed E-state index contributed by atoms with van der Waals surface area (Å²) in [5.74, 6) is -0.681. The maximum Gasteiger partial charge on any atom is 0.333 e. The van der Waals surface area contributed by atoms with Gasteiger partial charge in [0.1, 0.15) is 5.38 Å². The van der Waals surface area contributed by atoms with E-state index >= 15 is 0 Å². The van der Waals surface area contributed by atoms with Crippen molar-refractivity contribution in [3.63, 3.8) is 0 Å². The van der Waals surface area contributed by atoms with Crippen molar-refractivity contribution in [1.29, 1.82) is 0 Å². The van der Waals surface area contributed by atoms with Gasteiger partial charge in [0.25, 0.3) is 0 Å². The van der Waals surface area contributed by atoms with E-state index < -0.39 is 17.4 Å². The van der Waals surface area contributed by atoms with Crippen molar-refractivity contribution < 1.29 is 14.3 Å². The molecule has 0 N–H and O–H groups in total. The second-order valence-electron chi connectivity index (χ2n) is 3.79. The number of carbonyl (C=O) groups excluding carboxylic acids is 2. The highest BCUT2D eigenvalue weighted by atomic mass is 35.5. The van der Waals surface area contributed by atoms with Gasteiger partial charge in [-0.05, 0) is 5.56 Å². The zero-order valence-corrected chi connectivity index (χ0v) is 10.1. The van der Waals surface area contributed by atoms with Gasteiger partial charge in [-0.25, -0.2) is 4.79 Å². The Hall–Kier alpha value is -1.55. The zero-order valence-electron chi connectivity index (χ0n) is 9.30. The van der Waals surface area contributed by atoms with E-state index in [2.05, 4.69) is 0 Å². The molecule has 1 aliphatic heterocycles. The van der Waals surface area contributed by atoms with Crippen LogP contribution in [0.1, 0.15) is 11.6 Å². The molecule has 1 aromatic rings. The highest BCUT2D eigenvalue weighted by Gasteiger charge is 2.43. The minimum atomic E-state index is -0.691. The predicted molar refractivity (Wildman–Crippen MR) is 62.6 cm³/mol. The van der Waals surface area contributed by atoms with E-state index in [0.717, 1.165) is 5.56 Å². The fraction of sp³-hybridized carbons (Fsp3) is 0.333. The fourth-order valence-electron chi connectivity index (χ4n) is 1.83. The Labute approximate surface area is 104 Å². The number of amides is 1. The van der Waals surface area contributed by atoms with Crippen molar-refractivity contribution in [2.75, 3.05) is 13.7 Å². The summed E-state index contributed by atoms with van der Waals surface area (Å²) >= 11 is 5.73. The lowest BCUT2D eigenvalue weighted by molar-refractivity contribution is -0.158. The van der Waals surface area contributed by atoms with Gasteiger partial charge in [-0.1, -0.05) is 30.3 Å². The molecule has 0 aliphatic carbocycles. The summed E-state index contributed by atoms with van der Waals surface area (Å²) in [6.07, 6.45) is 0. The van der Waals surface area contributed by atoms with Gasteiger partial charge < -0.3 is 9.64 Å². The summed E-state index contributed by atoms with van der Waals surface area (Å²) < 4.78 is 4.73. The molecule has 4 nitrogen and oxygen atoms in total. The molecular weight excluding hydrogens is 242 g/mol. The van der Waals surface area contributed by atoms with Crippen LogP contribution < -0.4 is 0 Å². The Morgan fingerprint density at radius 3 is 2.59 bits per heavy atom. The van der Waals surface area contributed by atoms with Crippen LogP contribution in [0.4, 0.5) is 0 Å². The Bertz CT molecular complexity index is 435. The molecule has 1 amide bonds. The normalized spacial score (nSPS) is 20.7. The average molecular weight is 254 g/mol. The van der Waals surface area contributed by atoms with E-state index in [4.69, 9.17) is 16.3 Å². The quantitative estimate of drug-likeness (QED) is 0.464. The first kappa shape index (κ1) is 11.9. The van der Waals surface area contributed by atoms with Crippen LogP contribution in [0.5, 0.6) is 0 Å². The third kappa shape index (κ3) is 2.13. The number of alkyl halides is 1. The molecule has 0 saturated carbocycles. The molecule has 1 fully saturated rings. The summed E-state index contributed by atoms with van der Waals surface area (Å²) in [7, 11) is 1.31. The molecule has 2 atom stereocenters. The molecule has 1 aliphatic rings. The van der Waals surface area contributed by atoms with Gasteiger partial charge in [0, 0.05) is 6.54 Å². The van der Waals surface area contributed by atoms with Crippen molar-refractivity contribution in [2.24, 2.45) is 0 Å². The smallest absolute Gasteiger partial charge is 0.333 e. The van der Waals surface area contributed by atoms with Crippen molar-refractivity contribution >= 4 is 23.5 Å². The molecular formula is C12H12ClNO3. The van der Waals surface area contributed by atoms with E-state index in [1.54, 1.807) is 12.1 Å². The van der Waals surface area contributed by atoms with Gasteiger partial charge >= 0.3 is 5.97 Å². The first-order chi connectivity index (χ1) is 8.15. The summed E-state index contributed by atoms with van der Waals surface area (Å²) in [4.78, 5) is 24.8. The van der Waals surface area contributed by atoms with Gasteiger partial charge in [-0.15, -0.1) is 11.6 Å². The maximum absolute atomic E-state index is 11.7. The minimum absolute atomic E-state index is 0.231. The third-order valence-corrected chi connectivity index (χ3v) is 3.08. The topological polar surface area (TPSA) is 46.6 Å². The lowest BCUT2D eigenvalue weighted by atomic mass is 10.0. The average Bonchev–Trinajstić information content (AvgIpc) is 2.38. The maximum atomic E-state index is 11.7. The van der Waals surface area contributed by atoms with Crippen molar-refractivity contribution in [2.45, 2.75) is 11.4 Å². The van der Waals surface area contributed by atoms with Crippen LogP contribution in [0.3, 0.4) is 0 Å². The monoisotopic (exact) mass is 253 g/mol. The van der Waals surface area contributed by atoms with E-state index in [0.29, 0.717) is 6.54 Å². The van der Waals surface area contributed by atoms with Crippen LogP contribution in [-0.4, -0.2) is 35.8 Å². The van der Waals surface area contributed by atoms with Crippen molar-refractivity contribution in [3.8, 4) is 0 Å². The lowest BCUT2D eigenvalue weighted by Crippen LogP contribution is -2.56. The van der Waals surface area contributed by atoms with Crippen LogP contribution in [0, 0.1) is 0 Å². The van der Waals surface area contributed by atoms with Crippen LogP contribution in [0.25, 0.3) is 0 Å². The number of hydrogen-bond donors (Lipinski definition) is 0. The number of nitrogens with zero attached hydrogens (tertiary/aromatic N) is 1. The Balaban J connectivity index is 2.27. The van der Waals surface area contributed by atoms with Gasteiger partial charge in [0.15, 0.2) is 6.04 Å². The molecule has 0 spiro atoms. The minimum Gasteiger partial charge on any atom is -0.467 e. The molecule has 1 aromatic carbocycles. The van der Waals surface area contributed by atoms with Crippen LogP contribution in [-0.2, 0) is 14.3 Å². The first-order valence-electron chi connectivity index (χ1n) is 5.22. The highest BCUT2D eigenvalue weighted by molar-refractivity contribution is 6.33. The van der Waals surface area contributed by atoms with Crippen molar-refractivity contribution in [1.82, 2.24) is 4.90 Å². The Kier molecular flexibility index (Phi) is 3.33. The van der Waals surface area contributed by atoms with Gasteiger partial charge in [0.05, 0.1) is 7.11 Å². The van der Waals surface area contributed by atoms with Crippen LogP contribution in [0.2, 0.25) is 0 Å². The standard InChI is InChI=1S/C12H12ClNO3/c1-17-12(16)10(8-5-3-2-4-6-8)14-7-9(13)11(14)15/h2-6,9-10H,7H2,1H3. The molecule has 0 radical (unpaired) electrons. The molecule has 1 heterocycles.